The highest BCUT2D eigenvalue weighted by Crippen LogP contribution is 2.36. The lowest BCUT2D eigenvalue weighted by Crippen LogP contribution is -2.41. The maximum Gasteiger partial charge on any atom is 0.253 e. The van der Waals surface area contributed by atoms with Crippen molar-refractivity contribution in [3.05, 3.63) is 41.1 Å². The molecule has 2 N–H and O–H groups in total. The van der Waals surface area contributed by atoms with Crippen molar-refractivity contribution >= 4 is 15.9 Å². The predicted molar refractivity (Wildman–Crippen MR) is 166 cm³/mol. The molecule has 7 nitrogen and oxygen atoms in total. The molecule has 0 bridgehead atoms. The summed E-state index contributed by atoms with van der Waals surface area (Å²) in [6.07, 6.45) is 8.14. The van der Waals surface area contributed by atoms with Crippen LogP contribution in [0.5, 0.6) is 0 Å². The number of carbonyl (C=O) groups excluding carboxylic acids is 1. The van der Waals surface area contributed by atoms with E-state index in [0.717, 1.165) is 55.1 Å². The molecule has 1 amide bonds. The number of carbonyl (C=O) groups is 1. The summed E-state index contributed by atoms with van der Waals surface area (Å²) < 4.78 is 37.5. The van der Waals surface area contributed by atoms with Gasteiger partial charge in [0, 0.05) is 43.2 Å². The van der Waals surface area contributed by atoms with Crippen LogP contribution in [-0.2, 0) is 26.7 Å². The van der Waals surface area contributed by atoms with Crippen LogP contribution in [0.1, 0.15) is 108 Å². The minimum absolute atomic E-state index is 0.0396. The molecule has 0 unspecified atom stereocenters. The minimum Gasteiger partial charge on any atom is -0.381 e. The van der Waals surface area contributed by atoms with Crippen LogP contribution in [0.4, 0.5) is 0 Å². The summed E-state index contributed by atoms with van der Waals surface area (Å²) >= 11 is 0. The molecule has 1 aromatic carbocycles. The third kappa shape index (κ3) is 8.02. The Bertz CT molecular complexity index is 1320. The van der Waals surface area contributed by atoms with Gasteiger partial charge in [0.05, 0.1) is 10.5 Å². The smallest absolute Gasteiger partial charge is 0.253 e. The highest BCUT2D eigenvalue weighted by molar-refractivity contribution is 7.89. The maximum absolute atomic E-state index is 13.5. The first-order valence-electron chi connectivity index (χ1n) is 15.4. The summed E-state index contributed by atoms with van der Waals surface area (Å²) in [6.45, 7) is 16.8. The average Bonchev–Trinajstić information content (AvgIpc) is 3.22. The van der Waals surface area contributed by atoms with E-state index in [9.17, 15) is 13.2 Å². The van der Waals surface area contributed by atoms with E-state index >= 15 is 0 Å². The number of hydrogen-bond donors (Lipinski definition) is 2. The van der Waals surface area contributed by atoms with E-state index in [-0.39, 0.29) is 5.91 Å². The van der Waals surface area contributed by atoms with Gasteiger partial charge in [0.1, 0.15) is 0 Å². The van der Waals surface area contributed by atoms with Gasteiger partial charge in [-0.25, -0.2) is 13.1 Å². The molecule has 2 heterocycles. The number of nitrogens with zero attached hydrogens (tertiary/aromatic N) is 1. The highest BCUT2D eigenvalue weighted by atomic mass is 32.2. The average molecular weight is 586 g/mol. The van der Waals surface area contributed by atoms with Gasteiger partial charge >= 0.3 is 0 Å². The molecule has 1 aliphatic carbocycles. The third-order valence-electron chi connectivity index (χ3n) is 8.48. The molecular weight excluding hydrogens is 534 g/mol. The number of ether oxygens (including phenoxy) is 1. The van der Waals surface area contributed by atoms with Gasteiger partial charge in [0.15, 0.2) is 0 Å². The topological polar surface area (TPSA) is 89.4 Å². The van der Waals surface area contributed by atoms with E-state index in [0.29, 0.717) is 28.8 Å². The monoisotopic (exact) mass is 585 g/mol. The van der Waals surface area contributed by atoms with Crippen LogP contribution in [0, 0.1) is 18.8 Å². The maximum atomic E-state index is 13.5. The SMILES string of the molecule is Cc1c(C(=O)NCC2CCOCC2)cc(-c2ccc(S(=O)(=O)NC(C)(C)C)c(C(C)(C)C)c2)n1CC1CCCCC1. The molecule has 2 aliphatic rings. The number of rotatable bonds is 8. The van der Waals surface area contributed by atoms with Crippen LogP contribution in [0.2, 0.25) is 0 Å². The lowest BCUT2D eigenvalue weighted by molar-refractivity contribution is 0.0642. The zero-order chi connectivity index (χ0) is 30.0. The van der Waals surface area contributed by atoms with Crippen molar-refractivity contribution in [1.29, 1.82) is 0 Å². The Labute approximate surface area is 247 Å². The fraction of sp³-hybridized carbons (Fsp3) is 0.667. The second-order valence-corrected chi connectivity index (χ2v) is 15.9. The van der Waals surface area contributed by atoms with Crippen molar-refractivity contribution in [2.75, 3.05) is 19.8 Å². The molecule has 1 saturated carbocycles. The number of hydrogen-bond acceptors (Lipinski definition) is 4. The summed E-state index contributed by atoms with van der Waals surface area (Å²) in [5, 5.41) is 3.20. The van der Waals surface area contributed by atoms with E-state index in [1.807, 2.05) is 66.7 Å². The molecule has 2 fully saturated rings. The second kappa shape index (κ2) is 12.6. The first kappa shape index (κ1) is 31.8. The van der Waals surface area contributed by atoms with Crippen molar-refractivity contribution in [2.45, 2.75) is 116 Å². The van der Waals surface area contributed by atoms with Crippen molar-refractivity contribution in [1.82, 2.24) is 14.6 Å². The van der Waals surface area contributed by atoms with Crippen LogP contribution in [0.15, 0.2) is 29.2 Å². The molecule has 41 heavy (non-hydrogen) atoms. The fourth-order valence-electron chi connectivity index (χ4n) is 6.23. The number of benzene rings is 1. The Morgan fingerprint density at radius 2 is 1.61 bits per heavy atom. The van der Waals surface area contributed by atoms with Crippen molar-refractivity contribution in [3.63, 3.8) is 0 Å². The van der Waals surface area contributed by atoms with Crippen molar-refractivity contribution in [3.8, 4) is 11.3 Å². The van der Waals surface area contributed by atoms with Crippen LogP contribution in [0.3, 0.4) is 0 Å². The molecule has 4 rings (SSSR count). The van der Waals surface area contributed by atoms with E-state index in [4.69, 9.17) is 4.74 Å². The molecule has 0 radical (unpaired) electrons. The van der Waals surface area contributed by atoms with Crippen LogP contribution >= 0.6 is 0 Å². The Kier molecular flexibility index (Phi) is 9.76. The van der Waals surface area contributed by atoms with E-state index in [1.165, 1.54) is 32.1 Å². The Hall–Kier alpha value is -2.16. The van der Waals surface area contributed by atoms with Gasteiger partial charge in [0.2, 0.25) is 10.0 Å². The normalized spacial score (nSPS) is 18.0. The van der Waals surface area contributed by atoms with Crippen molar-refractivity contribution in [2.24, 2.45) is 11.8 Å². The van der Waals surface area contributed by atoms with Crippen LogP contribution in [-0.4, -0.2) is 44.2 Å². The number of aromatic nitrogens is 1. The summed E-state index contributed by atoms with van der Waals surface area (Å²) in [5.41, 5.74) is 3.35. The quantitative estimate of drug-likeness (QED) is 0.367. The highest BCUT2D eigenvalue weighted by Gasteiger charge is 2.30. The molecule has 228 valence electrons. The van der Waals surface area contributed by atoms with E-state index in [2.05, 4.69) is 14.6 Å². The van der Waals surface area contributed by atoms with Gasteiger partial charge in [-0.1, -0.05) is 46.1 Å². The van der Waals surface area contributed by atoms with Gasteiger partial charge in [-0.05, 0) is 100.0 Å². The van der Waals surface area contributed by atoms with Crippen LogP contribution in [0.25, 0.3) is 11.3 Å². The molecule has 0 atom stereocenters. The van der Waals surface area contributed by atoms with E-state index < -0.39 is 21.0 Å². The van der Waals surface area contributed by atoms with E-state index in [1.54, 1.807) is 6.07 Å². The predicted octanol–water partition coefficient (Wildman–Crippen LogP) is 6.57. The largest absolute Gasteiger partial charge is 0.381 e. The van der Waals surface area contributed by atoms with Crippen molar-refractivity contribution < 1.29 is 17.9 Å². The fourth-order valence-corrected chi connectivity index (χ4v) is 8.05. The van der Waals surface area contributed by atoms with Crippen LogP contribution < -0.4 is 10.0 Å². The Balaban J connectivity index is 1.74. The molecule has 1 aromatic heterocycles. The molecule has 1 saturated heterocycles. The number of nitrogens with one attached hydrogen (secondary N) is 2. The number of amides is 1. The molecule has 8 heteroatoms. The standard InChI is InChI=1S/C33H51N3O4S/c1-23-27(31(37)34-21-24-15-17-40-18-16-24)20-29(36(23)22-25-11-9-8-10-12-25)26-13-14-30(28(19-26)32(2,3)4)41(38,39)35-33(5,6)7/h13-14,19-20,24-25,35H,8-12,15-18,21-22H2,1-7H3,(H,34,37). The van der Waals surface area contributed by atoms with Gasteiger partial charge in [-0.3, -0.25) is 4.79 Å². The van der Waals surface area contributed by atoms with Gasteiger partial charge in [-0.15, -0.1) is 0 Å². The Morgan fingerprint density at radius 3 is 2.22 bits per heavy atom. The summed E-state index contributed by atoms with van der Waals surface area (Å²) in [4.78, 5) is 13.8. The first-order chi connectivity index (χ1) is 19.2. The molecular formula is C33H51N3O4S. The summed E-state index contributed by atoms with van der Waals surface area (Å²) in [7, 11) is -3.73. The molecule has 0 spiro atoms. The third-order valence-corrected chi connectivity index (χ3v) is 10.3. The van der Waals surface area contributed by atoms with Gasteiger partial charge < -0.3 is 14.6 Å². The Morgan fingerprint density at radius 1 is 0.951 bits per heavy atom. The molecule has 1 aliphatic heterocycles. The zero-order valence-electron chi connectivity index (χ0n) is 26.2. The van der Waals surface area contributed by atoms with Gasteiger partial charge in [-0.2, -0.15) is 0 Å². The second-order valence-electron chi connectivity index (χ2n) is 14.2. The summed E-state index contributed by atoms with van der Waals surface area (Å²) in [5.74, 6) is 0.981. The minimum atomic E-state index is -3.73. The zero-order valence-corrected chi connectivity index (χ0v) is 27.0. The van der Waals surface area contributed by atoms with Gasteiger partial charge in [0.25, 0.3) is 5.91 Å². The lowest BCUT2D eigenvalue weighted by Gasteiger charge is -2.27. The lowest BCUT2D eigenvalue weighted by atomic mass is 9.85. The number of sulfonamides is 1. The first-order valence-corrected chi connectivity index (χ1v) is 16.9. The summed E-state index contributed by atoms with van der Waals surface area (Å²) in [6, 6.07) is 7.68. The molecule has 2 aromatic rings.